The Morgan fingerprint density at radius 1 is 0.977 bits per heavy atom. The number of carboxylic acids is 1. The summed E-state index contributed by atoms with van der Waals surface area (Å²) >= 11 is 8.66. The summed E-state index contributed by atoms with van der Waals surface area (Å²) < 4.78 is 17.8. The van der Waals surface area contributed by atoms with Crippen LogP contribution in [-0.4, -0.2) is 41.8 Å². The van der Waals surface area contributed by atoms with Crippen molar-refractivity contribution in [1.82, 2.24) is 24.1 Å². The molecule has 0 aliphatic carbocycles. The Kier molecular flexibility index (Phi) is 7.91. The number of fused-ring (bicyclic) bond motifs is 6. The van der Waals surface area contributed by atoms with E-state index < -0.39 is 5.97 Å². The van der Waals surface area contributed by atoms with Crippen molar-refractivity contribution in [2.45, 2.75) is 44.8 Å². The van der Waals surface area contributed by atoms with Crippen molar-refractivity contribution in [2.75, 3.05) is 6.61 Å². The van der Waals surface area contributed by atoms with E-state index in [1.165, 1.54) is 0 Å². The van der Waals surface area contributed by atoms with Crippen LogP contribution in [-0.2, 0) is 45.7 Å². The van der Waals surface area contributed by atoms with Gasteiger partial charge in [-0.25, -0.2) is 4.79 Å². The molecule has 1 aliphatic heterocycles. The van der Waals surface area contributed by atoms with Crippen LogP contribution in [0.3, 0.4) is 0 Å². The molecule has 11 heteroatoms. The molecule has 1 N–H and O–H groups in total. The molecule has 9 nitrogen and oxygen atoms in total. The first-order chi connectivity index (χ1) is 20.6. The van der Waals surface area contributed by atoms with Gasteiger partial charge in [-0.2, -0.15) is 10.2 Å². The molecular weight excluding hydrogens is 586 g/mol. The zero-order valence-electron chi connectivity index (χ0n) is 24.9. The second-order valence-corrected chi connectivity index (χ2v) is 12.4. The van der Waals surface area contributed by atoms with Crippen LogP contribution in [0.25, 0.3) is 22.0 Å². The summed E-state index contributed by atoms with van der Waals surface area (Å²) in [4.78, 5) is 12.6. The number of hydrogen-bond donors (Lipinski definition) is 1. The zero-order chi connectivity index (χ0) is 30.4. The van der Waals surface area contributed by atoms with Crippen LogP contribution in [0.15, 0.2) is 36.4 Å². The standard InChI is InChI=1S/C32H34ClN5O4S/c1-18-11-22-14-23(12-18)42-15-21-13-20(34-38(21)5)16-43-17-27-28(19(2)37(4)35-27)29-26(33)9-8-25-24(7-6-10-41-22)31(32(39)40)36(3)30(25)29/h8-9,11-14H,6-7,10,15-17H2,1-5H3,(H,39,40). The molecule has 6 rings (SSSR count). The molecule has 0 atom stereocenters. The molecule has 8 bridgehead atoms. The van der Waals surface area contributed by atoms with Gasteiger partial charge in [-0.1, -0.05) is 17.7 Å². The average molecular weight is 620 g/mol. The van der Waals surface area contributed by atoms with E-state index >= 15 is 0 Å². The summed E-state index contributed by atoms with van der Waals surface area (Å²) in [6.07, 6.45) is 1.17. The van der Waals surface area contributed by atoms with Gasteiger partial charge < -0.3 is 19.1 Å². The first-order valence-corrected chi connectivity index (χ1v) is 15.7. The molecular formula is C32H34ClN5O4S. The lowest BCUT2D eigenvalue weighted by molar-refractivity contribution is 0.0685. The molecule has 0 unspecified atom stereocenters. The van der Waals surface area contributed by atoms with Gasteiger partial charge in [-0.15, -0.1) is 11.8 Å². The Bertz CT molecular complexity index is 1870. The van der Waals surface area contributed by atoms with E-state index in [1.54, 1.807) is 23.4 Å². The quantitative estimate of drug-likeness (QED) is 0.225. The fraction of sp³-hybridized carbons (Fsp3) is 0.344. The first kappa shape index (κ1) is 29.2. The van der Waals surface area contributed by atoms with Crippen LogP contribution in [0.5, 0.6) is 11.5 Å². The van der Waals surface area contributed by atoms with Gasteiger partial charge in [0.15, 0.2) is 0 Å². The number of thioether (sulfide) groups is 1. The maximum absolute atomic E-state index is 12.6. The number of nitrogens with zero attached hydrogens (tertiary/aromatic N) is 5. The molecule has 43 heavy (non-hydrogen) atoms. The van der Waals surface area contributed by atoms with E-state index in [4.69, 9.17) is 31.3 Å². The number of carbonyl (C=O) groups is 1. The number of aryl methyl sites for hydroxylation is 5. The third-order valence-corrected chi connectivity index (χ3v) is 9.33. The summed E-state index contributed by atoms with van der Waals surface area (Å²) in [5.74, 6) is 1.80. The third kappa shape index (κ3) is 5.49. The van der Waals surface area contributed by atoms with Crippen LogP contribution < -0.4 is 9.47 Å². The van der Waals surface area contributed by atoms with Gasteiger partial charge in [0, 0.05) is 60.9 Å². The lowest BCUT2D eigenvalue weighted by atomic mass is 9.98. The van der Waals surface area contributed by atoms with Gasteiger partial charge in [0.25, 0.3) is 0 Å². The summed E-state index contributed by atoms with van der Waals surface area (Å²) in [6.45, 7) is 4.84. The van der Waals surface area contributed by atoms with Crippen molar-refractivity contribution in [2.24, 2.45) is 21.1 Å². The molecule has 3 aromatic heterocycles. The van der Waals surface area contributed by atoms with Gasteiger partial charge in [0.1, 0.15) is 23.8 Å². The highest BCUT2D eigenvalue weighted by molar-refractivity contribution is 7.97. The van der Waals surface area contributed by atoms with Crippen molar-refractivity contribution >= 4 is 40.2 Å². The SMILES string of the molecule is Cc1cc2cc(c1)OCc1cc(nn1C)CSCc1nn(C)c(C)c1-c1c(Cl)ccc3c(c(C(=O)O)n(C)c13)CCCO2. The molecule has 0 radical (unpaired) electrons. The minimum Gasteiger partial charge on any atom is -0.493 e. The van der Waals surface area contributed by atoms with Gasteiger partial charge in [0.05, 0.1) is 34.2 Å². The highest BCUT2D eigenvalue weighted by atomic mass is 35.5. The fourth-order valence-electron chi connectivity index (χ4n) is 5.97. The predicted octanol–water partition coefficient (Wildman–Crippen LogP) is 6.62. The number of rotatable bonds is 1. The molecule has 5 aromatic rings. The minimum atomic E-state index is -0.972. The molecule has 2 aromatic carbocycles. The second-order valence-electron chi connectivity index (χ2n) is 11.0. The largest absolute Gasteiger partial charge is 0.493 e. The molecule has 0 saturated heterocycles. The number of aromatic carboxylic acids is 1. The Hall–Kier alpha value is -3.89. The molecule has 0 saturated carbocycles. The van der Waals surface area contributed by atoms with Crippen LogP contribution in [0.4, 0.5) is 0 Å². The third-order valence-electron chi connectivity index (χ3n) is 8.03. The van der Waals surface area contributed by atoms with Crippen LogP contribution in [0, 0.1) is 13.8 Å². The van der Waals surface area contributed by atoms with Crippen LogP contribution >= 0.6 is 23.4 Å². The number of halogens is 1. The minimum absolute atomic E-state index is 0.260. The maximum atomic E-state index is 12.6. The van der Waals surface area contributed by atoms with Crippen molar-refractivity contribution < 1.29 is 19.4 Å². The summed E-state index contributed by atoms with van der Waals surface area (Å²) in [7, 11) is 5.65. The van der Waals surface area contributed by atoms with Crippen molar-refractivity contribution in [3.8, 4) is 22.6 Å². The Morgan fingerprint density at radius 2 is 1.74 bits per heavy atom. The molecule has 0 spiro atoms. The van der Waals surface area contributed by atoms with Gasteiger partial charge in [0.2, 0.25) is 0 Å². The number of benzene rings is 2. The van der Waals surface area contributed by atoms with Gasteiger partial charge in [-0.05, 0) is 62.1 Å². The van der Waals surface area contributed by atoms with E-state index in [1.807, 2.05) is 67.6 Å². The van der Waals surface area contributed by atoms with Crippen LogP contribution in [0.2, 0.25) is 5.02 Å². The Balaban J connectivity index is 1.48. The Labute approximate surface area is 259 Å². The average Bonchev–Trinajstić information content (AvgIpc) is 3.55. The van der Waals surface area contributed by atoms with Crippen molar-refractivity contribution in [3.63, 3.8) is 0 Å². The second kappa shape index (κ2) is 11.7. The summed E-state index contributed by atoms with van der Waals surface area (Å²) in [6, 6.07) is 11.7. The zero-order valence-corrected chi connectivity index (χ0v) is 26.5. The smallest absolute Gasteiger partial charge is 0.352 e. The summed E-state index contributed by atoms with van der Waals surface area (Å²) in [5.41, 5.74) is 8.40. The lowest BCUT2D eigenvalue weighted by Crippen LogP contribution is -2.09. The maximum Gasteiger partial charge on any atom is 0.352 e. The van der Waals surface area contributed by atoms with Gasteiger partial charge >= 0.3 is 5.97 Å². The molecule has 0 amide bonds. The van der Waals surface area contributed by atoms with E-state index in [0.29, 0.717) is 48.3 Å². The van der Waals surface area contributed by atoms with E-state index in [2.05, 4.69) is 6.07 Å². The number of carboxylic acid groups (broad SMARTS) is 1. The van der Waals surface area contributed by atoms with Crippen molar-refractivity contribution in [3.05, 3.63) is 81.0 Å². The Morgan fingerprint density at radius 3 is 2.51 bits per heavy atom. The van der Waals surface area contributed by atoms with Crippen LogP contribution in [0.1, 0.15) is 50.8 Å². The molecule has 1 aliphatic rings. The monoisotopic (exact) mass is 619 g/mol. The normalized spacial score (nSPS) is 14.2. The van der Waals surface area contributed by atoms with E-state index in [0.717, 1.165) is 61.7 Å². The van der Waals surface area contributed by atoms with Crippen molar-refractivity contribution in [1.29, 1.82) is 0 Å². The highest BCUT2D eigenvalue weighted by Crippen LogP contribution is 2.42. The fourth-order valence-corrected chi connectivity index (χ4v) is 7.07. The number of ether oxygens (including phenoxy) is 2. The number of aromatic nitrogens is 5. The first-order valence-electron chi connectivity index (χ1n) is 14.1. The van der Waals surface area contributed by atoms with E-state index in [-0.39, 0.29) is 5.69 Å². The lowest BCUT2D eigenvalue weighted by Gasteiger charge is -2.12. The topological polar surface area (TPSA) is 96.3 Å². The molecule has 4 heterocycles. The molecule has 224 valence electrons. The van der Waals surface area contributed by atoms with E-state index in [9.17, 15) is 9.90 Å². The van der Waals surface area contributed by atoms with Gasteiger partial charge in [-0.3, -0.25) is 9.36 Å². The highest BCUT2D eigenvalue weighted by Gasteiger charge is 2.27. The predicted molar refractivity (Wildman–Crippen MR) is 169 cm³/mol. The number of hydrogen-bond acceptors (Lipinski definition) is 6. The molecule has 0 fully saturated rings. The summed E-state index contributed by atoms with van der Waals surface area (Å²) in [5, 5.41) is 21.3.